The molecule has 0 bridgehead atoms. The molecule has 0 aromatic carbocycles. The van der Waals surface area contributed by atoms with E-state index in [4.69, 9.17) is 0 Å². The average Bonchev–Trinajstić information content (AvgIpc) is 2.63. The molecule has 0 aromatic heterocycles. The van der Waals surface area contributed by atoms with Gasteiger partial charge in [-0.15, -0.1) is 0 Å². The summed E-state index contributed by atoms with van der Waals surface area (Å²) in [6.07, 6.45) is 13.6. The molecule has 1 amide bonds. The Morgan fingerprint density at radius 1 is 1.17 bits per heavy atom. The number of carbonyl (C=O) groups is 1. The Balaban J connectivity index is 2.05. The summed E-state index contributed by atoms with van der Waals surface area (Å²) in [5.74, 6) is 0.00367. The molecular formula is C15H26N2O. The van der Waals surface area contributed by atoms with Crippen LogP contribution in [0.4, 0.5) is 0 Å². The highest BCUT2D eigenvalue weighted by molar-refractivity contribution is 5.87. The first-order valence-corrected chi connectivity index (χ1v) is 7.12. The van der Waals surface area contributed by atoms with E-state index in [1.165, 1.54) is 38.8 Å². The number of likely N-dealkylation sites (tertiary alicyclic amines) is 1. The van der Waals surface area contributed by atoms with E-state index in [-0.39, 0.29) is 5.91 Å². The van der Waals surface area contributed by atoms with Gasteiger partial charge in [0.15, 0.2) is 0 Å². The molecule has 1 heterocycles. The van der Waals surface area contributed by atoms with Gasteiger partial charge in [0.25, 0.3) is 0 Å². The lowest BCUT2D eigenvalue weighted by Gasteiger charge is -2.19. The number of carbonyl (C=O) groups excluding carboxylic acids is 1. The highest BCUT2D eigenvalue weighted by Crippen LogP contribution is 2.09. The quantitative estimate of drug-likeness (QED) is 0.446. The Morgan fingerprint density at radius 2 is 1.89 bits per heavy atom. The van der Waals surface area contributed by atoms with Gasteiger partial charge < -0.3 is 10.2 Å². The van der Waals surface area contributed by atoms with Crippen molar-refractivity contribution in [2.75, 3.05) is 26.2 Å². The summed E-state index contributed by atoms with van der Waals surface area (Å²) in [4.78, 5) is 13.9. The minimum Gasteiger partial charge on any atom is -0.353 e. The molecule has 0 aromatic rings. The Bertz CT molecular complexity index is 276. The van der Waals surface area contributed by atoms with Crippen molar-refractivity contribution >= 4 is 5.91 Å². The van der Waals surface area contributed by atoms with Gasteiger partial charge in [-0.2, -0.15) is 0 Å². The van der Waals surface area contributed by atoms with Crippen LogP contribution in [0.3, 0.4) is 0 Å². The van der Waals surface area contributed by atoms with Crippen molar-refractivity contribution in [1.29, 1.82) is 0 Å². The first-order chi connectivity index (χ1) is 8.83. The lowest BCUT2D eigenvalue weighted by atomic mass is 10.2. The summed E-state index contributed by atoms with van der Waals surface area (Å²) in [5.41, 5.74) is 0. The van der Waals surface area contributed by atoms with Gasteiger partial charge in [-0.05, 0) is 45.8 Å². The molecule has 1 aliphatic heterocycles. The summed E-state index contributed by atoms with van der Waals surface area (Å²) < 4.78 is 0. The predicted octanol–water partition coefficient (Wildman–Crippen LogP) is 2.50. The molecule has 1 fully saturated rings. The first kappa shape index (κ1) is 15.0. The van der Waals surface area contributed by atoms with Crippen LogP contribution in [0.2, 0.25) is 0 Å². The molecule has 0 unspecified atom stereocenters. The van der Waals surface area contributed by atoms with Gasteiger partial charge in [0.05, 0.1) is 0 Å². The van der Waals surface area contributed by atoms with E-state index in [2.05, 4.69) is 10.2 Å². The van der Waals surface area contributed by atoms with E-state index in [1.54, 1.807) is 12.2 Å². The fourth-order valence-corrected chi connectivity index (χ4v) is 2.19. The molecule has 1 aliphatic rings. The lowest BCUT2D eigenvalue weighted by Crippen LogP contribution is -2.30. The zero-order valence-corrected chi connectivity index (χ0v) is 11.5. The summed E-state index contributed by atoms with van der Waals surface area (Å²) in [5, 5.41) is 2.91. The zero-order chi connectivity index (χ0) is 13.1. The SMILES string of the molecule is C/C=C/C=C/C(=O)NCCCN1CCCCCC1. The van der Waals surface area contributed by atoms with Crippen molar-refractivity contribution in [2.45, 2.75) is 39.0 Å². The van der Waals surface area contributed by atoms with Gasteiger partial charge in [-0.1, -0.05) is 31.1 Å². The van der Waals surface area contributed by atoms with E-state index in [0.717, 1.165) is 19.5 Å². The summed E-state index contributed by atoms with van der Waals surface area (Å²) in [6.45, 7) is 6.28. The monoisotopic (exact) mass is 250 g/mol. The van der Waals surface area contributed by atoms with Crippen LogP contribution in [0.1, 0.15) is 39.0 Å². The van der Waals surface area contributed by atoms with Crippen molar-refractivity contribution in [1.82, 2.24) is 10.2 Å². The van der Waals surface area contributed by atoms with Crippen LogP contribution in [0.15, 0.2) is 24.3 Å². The summed E-state index contributed by atoms with van der Waals surface area (Å²) in [7, 11) is 0. The molecule has 1 saturated heterocycles. The van der Waals surface area contributed by atoms with E-state index >= 15 is 0 Å². The van der Waals surface area contributed by atoms with E-state index in [0.29, 0.717) is 0 Å². The molecule has 3 nitrogen and oxygen atoms in total. The molecule has 0 radical (unpaired) electrons. The van der Waals surface area contributed by atoms with Gasteiger partial charge in [0.2, 0.25) is 5.91 Å². The zero-order valence-electron chi connectivity index (χ0n) is 11.5. The van der Waals surface area contributed by atoms with Gasteiger partial charge in [-0.25, -0.2) is 0 Å². The third kappa shape index (κ3) is 7.28. The lowest BCUT2D eigenvalue weighted by molar-refractivity contribution is -0.116. The highest BCUT2D eigenvalue weighted by Gasteiger charge is 2.07. The largest absolute Gasteiger partial charge is 0.353 e. The van der Waals surface area contributed by atoms with Crippen molar-refractivity contribution < 1.29 is 4.79 Å². The van der Waals surface area contributed by atoms with Crippen LogP contribution in [-0.4, -0.2) is 37.0 Å². The van der Waals surface area contributed by atoms with Gasteiger partial charge in [-0.3, -0.25) is 4.79 Å². The van der Waals surface area contributed by atoms with Gasteiger partial charge in [0.1, 0.15) is 0 Å². The fraction of sp³-hybridized carbons (Fsp3) is 0.667. The maximum absolute atomic E-state index is 11.4. The Hall–Kier alpha value is -1.09. The van der Waals surface area contributed by atoms with Crippen LogP contribution in [0.25, 0.3) is 0 Å². The maximum atomic E-state index is 11.4. The maximum Gasteiger partial charge on any atom is 0.243 e. The van der Waals surface area contributed by atoms with Crippen LogP contribution < -0.4 is 5.32 Å². The minimum absolute atomic E-state index is 0.00367. The molecule has 102 valence electrons. The minimum atomic E-state index is 0.00367. The van der Waals surface area contributed by atoms with E-state index < -0.39 is 0 Å². The predicted molar refractivity (Wildman–Crippen MR) is 76.5 cm³/mol. The highest BCUT2D eigenvalue weighted by atomic mass is 16.1. The number of rotatable bonds is 6. The normalized spacial score (nSPS) is 18.3. The topological polar surface area (TPSA) is 32.3 Å². The number of allylic oxidation sites excluding steroid dienone is 3. The van der Waals surface area contributed by atoms with E-state index in [9.17, 15) is 4.79 Å². The van der Waals surface area contributed by atoms with Crippen molar-refractivity contribution in [3.05, 3.63) is 24.3 Å². The van der Waals surface area contributed by atoms with Crippen molar-refractivity contribution in [3.63, 3.8) is 0 Å². The molecule has 0 spiro atoms. The third-order valence-corrected chi connectivity index (χ3v) is 3.20. The van der Waals surface area contributed by atoms with E-state index in [1.807, 2.05) is 19.1 Å². The second kappa shape index (κ2) is 9.89. The van der Waals surface area contributed by atoms with Crippen molar-refractivity contribution in [2.24, 2.45) is 0 Å². The van der Waals surface area contributed by atoms with Crippen molar-refractivity contribution in [3.8, 4) is 0 Å². The molecule has 1 N–H and O–H groups in total. The molecule has 0 aliphatic carbocycles. The molecule has 1 rings (SSSR count). The van der Waals surface area contributed by atoms with Crippen LogP contribution in [-0.2, 0) is 4.79 Å². The van der Waals surface area contributed by atoms with Crippen LogP contribution in [0, 0.1) is 0 Å². The number of amides is 1. The summed E-state index contributed by atoms with van der Waals surface area (Å²) >= 11 is 0. The Labute approximate surface area is 111 Å². The van der Waals surface area contributed by atoms with Gasteiger partial charge >= 0.3 is 0 Å². The number of nitrogens with one attached hydrogen (secondary N) is 1. The first-order valence-electron chi connectivity index (χ1n) is 7.12. The second-order valence-electron chi connectivity index (χ2n) is 4.79. The van der Waals surface area contributed by atoms with Crippen LogP contribution >= 0.6 is 0 Å². The Morgan fingerprint density at radius 3 is 2.56 bits per heavy atom. The molecule has 0 atom stereocenters. The standard InChI is InChI=1S/C15H26N2O/c1-2-3-6-10-15(18)16-11-9-14-17-12-7-4-5-8-13-17/h2-3,6,10H,4-5,7-9,11-14H2,1H3,(H,16,18)/b3-2+,10-6+. The number of nitrogens with zero attached hydrogens (tertiary/aromatic N) is 1. The Kier molecular flexibility index (Phi) is 8.23. The molecule has 0 saturated carbocycles. The number of hydrogen-bond donors (Lipinski definition) is 1. The summed E-state index contributed by atoms with van der Waals surface area (Å²) in [6, 6.07) is 0. The molecule has 18 heavy (non-hydrogen) atoms. The third-order valence-electron chi connectivity index (χ3n) is 3.20. The van der Waals surface area contributed by atoms with Crippen LogP contribution in [0.5, 0.6) is 0 Å². The fourth-order valence-electron chi connectivity index (χ4n) is 2.19. The smallest absolute Gasteiger partial charge is 0.243 e. The second-order valence-corrected chi connectivity index (χ2v) is 4.79. The molecule has 3 heteroatoms. The molecular weight excluding hydrogens is 224 g/mol. The number of hydrogen-bond acceptors (Lipinski definition) is 2. The van der Waals surface area contributed by atoms with Gasteiger partial charge in [0, 0.05) is 12.6 Å². The average molecular weight is 250 g/mol.